The molecule has 0 aromatic rings. The predicted octanol–water partition coefficient (Wildman–Crippen LogP) is 3.33. The summed E-state index contributed by atoms with van der Waals surface area (Å²) in [6.07, 6.45) is 10.0. The van der Waals surface area contributed by atoms with Gasteiger partial charge in [0.2, 0.25) is 5.91 Å². The summed E-state index contributed by atoms with van der Waals surface area (Å²) in [6, 6.07) is -0.0630. The van der Waals surface area contributed by atoms with E-state index in [-0.39, 0.29) is 11.8 Å². The molecule has 1 N–H and O–H groups in total. The molecule has 6 heteroatoms. The molecule has 1 aliphatic heterocycles. The third-order valence-corrected chi connectivity index (χ3v) is 5.72. The van der Waals surface area contributed by atoms with Crippen LogP contribution in [0.4, 0.5) is 4.79 Å². The second kappa shape index (κ2) is 7.40. The van der Waals surface area contributed by atoms with Crippen LogP contribution in [0.5, 0.6) is 0 Å². The van der Waals surface area contributed by atoms with Crippen molar-refractivity contribution in [2.45, 2.75) is 63.8 Å². The largest absolute Gasteiger partial charge is 0.367 e. The van der Waals surface area contributed by atoms with E-state index in [0.29, 0.717) is 11.8 Å². The van der Waals surface area contributed by atoms with Crippen LogP contribution in [-0.4, -0.2) is 34.5 Å². The standard InChI is InChI=1S/C16H23N3O2S/c20-14(17-11-6-2-1-3-7-11)10-22-15-12-8-4-5-9-13(12)18-16(21)19-15/h11-12H,1-10H2,(H,17,20). The lowest BCUT2D eigenvalue weighted by atomic mass is 9.87. The smallest absolute Gasteiger partial charge is 0.353 e. The molecule has 0 radical (unpaired) electrons. The number of hydrogen-bond donors (Lipinski definition) is 1. The minimum absolute atomic E-state index is 0.0620. The highest BCUT2D eigenvalue weighted by Gasteiger charge is 2.30. The molecule has 1 heterocycles. The molecule has 2 saturated carbocycles. The summed E-state index contributed by atoms with van der Waals surface area (Å²) in [5.74, 6) is 0.595. The van der Waals surface area contributed by atoms with E-state index in [1.807, 2.05) is 0 Å². The Morgan fingerprint density at radius 3 is 2.68 bits per heavy atom. The van der Waals surface area contributed by atoms with Crippen molar-refractivity contribution in [3.63, 3.8) is 0 Å². The van der Waals surface area contributed by atoms with Gasteiger partial charge >= 0.3 is 6.03 Å². The van der Waals surface area contributed by atoms with E-state index in [1.165, 1.54) is 31.0 Å². The van der Waals surface area contributed by atoms with Gasteiger partial charge in [-0.3, -0.25) is 4.79 Å². The van der Waals surface area contributed by atoms with E-state index in [9.17, 15) is 9.59 Å². The molecule has 0 aromatic heterocycles. The molecule has 3 aliphatic rings. The van der Waals surface area contributed by atoms with E-state index < -0.39 is 6.03 Å². The van der Waals surface area contributed by atoms with Crippen LogP contribution in [0.25, 0.3) is 0 Å². The lowest BCUT2D eigenvalue weighted by molar-refractivity contribution is -0.119. The minimum Gasteiger partial charge on any atom is -0.353 e. The number of nitrogens with zero attached hydrogens (tertiary/aromatic N) is 2. The second-order valence-corrected chi connectivity index (χ2v) is 7.32. The summed E-state index contributed by atoms with van der Waals surface area (Å²) in [7, 11) is 0. The highest BCUT2D eigenvalue weighted by atomic mass is 32.2. The molecular formula is C16H23N3O2S. The fourth-order valence-corrected chi connectivity index (χ4v) is 4.46. The fraction of sp³-hybridized carbons (Fsp3) is 0.750. The molecule has 0 saturated heterocycles. The van der Waals surface area contributed by atoms with E-state index in [4.69, 9.17) is 0 Å². The van der Waals surface area contributed by atoms with Crippen molar-refractivity contribution in [1.82, 2.24) is 5.32 Å². The summed E-state index contributed by atoms with van der Waals surface area (Å²) in [6.45, 7) is 0. The number of urea groups is 1. The van der Waals surface area contributed by atoms with Crippen LogP contribution in [0.15, 0.2) is 9.98 Å². The number of aliphatic imine (C=N–C) groups is 2. The quantitative estimate of drug-likeness (QED) is 0.866. The number of thioether (sulfide) groups is 1. The molecule has 1 atom stereocenters. The van der Waals surface area contributed by atoms with Crippen molar-refractivity contribution in [3.8, 4) is 0 Å². The third-order valence-electron chi connectivity index (χ3n) is 4.64. The molecule has 22 heavy (non-hydrogen) atoms. The summed E-state index contributed by atoms with van der Waals surface area (Å²) >= 11 is 1.42. The van der Waals surface area contributed by atoms with Gasteiger partial charge < -0.3 is 5.32 Å². The summed E-state index contributed by atoms with van der Waals surface area (Å²) in [5.41, 5.74) is 0.974. The van der Waals surface area contributed by atoms with E-state index in [1.54, 1.807) is 0 Å². The SMILES string of the molecule is O=C1N=C2CCCCC2C(SCC(=O)NC2CCCCC2)=N1. The van der Waals surface area contributed by atoms with Crippen LogP contribution >= 0.6 is 11.8 Å². The van der Waals surface area contributed by atoms with Crippen LogP contribution < -0.4 is 5.32 Å². The van der Waals surface area contributed by atoms with Crippen molar-refractivity contribution >= 4 is 34.5 Å². The van der Waals surface area contributed by atoms with Crippen molar-refractivity contribution in [2.24, 2.45) is 15.9 Å². The first-order chi connectivity index (χ1) is 10.7. The molecule has 1 unspecified atom stereocenters. The predicted molar refractivity (Wildman–Crippen MR) is 89.7 cm³/mol. The number of carbonyl (C=O) groups excluding carboxylic acids is 2. The molecule has 0 aromatic carbocycles. The number of rotatable bonds is 3. The fourth-order valence-electron chi connectivity index (χ4n) is 3.50. The maximum absolute atomic E-state index is 12.1. The molecule has 3 amide bonds. The van der Waals surface area contributed by atoms with E-state index in [2.05, 4.69) is 15.3 Å². The van der Waals surface area contributed by atoms with Gasteiger partial charge in [-0.05, 0) is 32.1 Å². The number of carbonyl (C=O) groups is 2. The molecule has 2 fully saturated rings. The number of amides is 3. The first-order valence-electron chi connectivity index (χ1n) is 8.34. The zero-order valence-corrected chi connectivity index (χ0v) is 13.7. The van der Waals surface area contributed by atoms with Crippen LogP contribution in [0.3, 0.4) is 0 Å². The highest BCUT2D eigenvalue weighted by molar-refractivity contribution is 8.14. The molecule has 5 nitrogen and oxygen atoms in total. The van der Waals surface area contributed by atoms with Crippen molar-refractivity contribution in [1.29, 1.82) is 0 Å². The molecule has 0 bridgehead atoms. The van der Waals surface area contributed by atoms with Crippen molar-refractivity contribution in [2.75, 3.05) is 5.75 Å². The average molecular weight is 321 g/mol. The number of fused-ring (bicyclic) bond motifs is 1. The van der Waals surface area contributed by atoms with Gasteiger partial charge in [0.1, 0.15) is 0 Å². The Kier molecular flexibility index (Phi) is 5.28. The number of hydrogen-bond acceptors (Lipinski definition) is 3. The van der Waals surface area contributed by atoms with Gasteiger partial charge in [-0.1, -0.05) is 25.7 Å². The van der Waals surface area contributed by atoms with Gasteiger partial charge in [-0.15, -0.1) is 11.8 Å². The first-order valence-corrected chi connectivity index (χ1v) is 9.33. The van der Waals surface area contributed by atoms with Gasteiger partial charge in [0.05, 0.1) is 10.8 Å². The molecule has 3 rings (SSSR count). The van der Waals surface area contributed by atoms with E-state index in [0.717, 1.165) is 49.3 Å². The van der Waals surface area contributed by atoms with Gasteiger partial charge in [0.25, 0.3) is 0 Å². The Morgan fingerprint density at radius 2 is 1.86 bits per heavy atom. The van der Waals surface area contributed by atoms with Gasteiger partial charge in [0.15, 0.2) is 0 Å². The average Bonchev–Trinajstić information content (AvgIpc) is 2.53. The normalized spacial score (nSPS) is 26.0. The Hall–Kier alpha value is -1.17. The maximum Gasteiger partial charge on any atom is 0.367 e. The van der Waals surface area contributed by atoms with E-state index >= 15 is 0 Å². The summed E-state index contributed by atoms with van der Waals surface area (Å²) in [5, 5.41) is 3.91. The molecule has 0 spiro atoms. The Labute approximate surface area is 135 Å². The van der Waals surface area contributed by atoms with Crippen LogP contribution in [-0.2, 0) is 4.79 Å². The molecule has 2 aliphatic carbocycles. The zero-order valence-electron chi connectivity index (χ0n) is 12.8. The van der Waals surface area contributed by atoms with Crippen molar-refractivity contribution in [3.05, 3.63) is 0 Å². The lowest BCUT2D eigenvalue weighted by Crippen LogP contribution is -2.38. The first kappa shape index (κ1) is 15.7. The van der Waals surface area contributed by atoms with Crippen LogP contribution in [0.1, 0.15) is 57.8 Å². The highest BCUT2D eigenvalue weighted by Crippen LogP contribution is 2.30. The second-order valence-electron chi connectivity index (χ2n) is 6.33. The van der Waals surface area contributed by atoms with Gasteiger partial charge in [-0.25, -0.2) is 9.79 Å². The number of nitrogens with one attached hydrogen (secondary N) is 1. The minimum atomic E-state index is -0.400. The zero-order chi connectivity index (χ0) is 15.4. The van der Waals surface area contributed by atoms with Crippen LogP contribution in [0, 0.1) is 5.92 Å². The Bertz CT molecular complexity index is 510. The lowest BCUT2D eigenvalue weighted by Gasteiger charge is -2.27. The summed E-state index contributed by atoms with van der Waals surface area (Å²) < 4.78 is 0. The van der Waals surface area contributed by atoms with Gasteiger partial charge in [-0.2, -0.15) is 4.99 Å². The van der Waals surface area contributed by atoms with Crippen LogP contribution in [0.2, 0.25) is 0 Å². The van der Waals surface area contributed by atoms with Crippen molar-refractivity contribution < 1.29 is 9.59 Å². The Morgan fingerprint density at radius 1 is 1.09 bits per heavy atom. The summed E-state index contributed by atoms with van der Waals surface area (Å²) in [4.78, 5) is 31.8. The third kappa shape index (κ3) is 3.97. The molecular weight excluding hydrogens is 298 g/mol. The Balaban J connectivity index is 1.51. The maximum atomic E-state index is 12.1. The van der Waals surface area contributed by atoms with Gasteiger partial charge in [0, 0.05) is 17.7 Å². The molecule has 120 valence electrons. The topological polar surface area (TPSA) is 70.9 Å². The monoisotopic (exact) mass is 321 g/mol.